The molecule has 1 aliphatic heterocycles. The molecule has 0 spiro atoms. The van der Waals surface area contributed by atoms with E-state index in [9.17, 15) is 0 Å². The maximum absolute atomic E-state index is 16.0. The van der Waals surface area contributed by atoms with Gasteiger partial charge >= 0.3 is 0 Å². The molecule has 1 nitrogen and oxygen atoms in total. The molecule has 1 heterocycles. The van der Waals surface area contributed by atoms with Crippen molar-refractivity contribution in [2.45, 2.75) is 55.9 Å². The van der Waals surface area contributed by atoms with E-state index in [2.05, 4.69) is 65.1 Å². The van der Waals surface area contributed by atoms with Gasteiger partial charge in [-0.3, -0.25) is 0 Å². The lowest BCUT2D eigenvalue weighted by atomic mass is 10.0. The molecular formula is C35H37F2NP2. The summed E-state index contributed by atoms with van der Waals surface area (Å²) < 4.78 is 34.7. The molecule has 0 unspecified atom stereocenters. The van der Waals surface area contributed by atoms with Crippen LogP contribution in [0.4, 0.5) is 8.78 Å². The van der Waals surface area contributed by atoms with E-state index >= 15 is 8.78 Å². The summed E-state index contributed by atoms with van der Waals surface area (Å²) in [7, 11) is -5.42. The Hall–Kier alpha value is -2.44. The number of hydrogen-bond acceptors (Lipinski definition) is 1. The van der Waals surface area contributed by atoms with Gasteiger partial charge in [-0.05, 0) is 61.1 Å². The Bertz CT molecular complexity index is 1350. The van der Waals surface area contributed by atoms with Gasteiger partial charge in [-0.2, -0.15) is 6.66 Å². The van der Waals surface area contributed by atoms with Crippen LogP contribution in [0.15, 0.2) is 109 Å². The van der Waals surface area contributed by atoms with Gasteiger partial charge in [-0.15, -0.1) is 11.1 Å². The Morgan fingerprint density at radius 2 is 1.00 bits per heavy atom. The third kappa shape index (κ3) is 4.65. The molecule has 0 radical (unpaired) electrons. The molecule has 40 heavy (non-hydrogen) atoms. The first-order valence-corrected chi connectivity index (χ1v) is 18.3. The zero-order valence-electron chi connectivity index (χ0n) is 22.9. The quantitative estimate of drug-likeness (QED) is 0.158. The van der Waals surface area contributed by atoms with Crippen molar-refractivity contribution in [3.8, 4) is 0 Å². The third-order valence-corrected chi connectivity index (χ3v) is 18.7. The van der Waals surface area contributed by atoms with Gasteiger partial charge in [0.2, 0.25) is 0 Å². The van der Waals surface area contributed by atoms with Crippen molar-refractivity contribution in [3.63, 3.8) is 0 Å². The lowest BCUT2D eigenvalue weighted by Crippen LogP contribution is -2.43. The molecule has 0 N–H and O–H groups in total. The van der Waals surface area contributed by atoms with E-state index in [1.807, 2.05) is 24.3 Å². The molecule has 4 aromatic rings. The standard InChI is InChI=1S/C35H37F2NP2/c1-39(32(27-15-5-3-6-16-27)25-26-33(39)28-17-7-4-8-18-28)38(29-19-9-10-20-29)40(2,34-23-13-11-21-30(34)36)35-24-14-12-22-31(35)37/h3-8,11-18,21-24,29,32-33H,1-2,9-10,19-20,25-26H2/t32-,33-/m0/s1. The second kappa shape index (κ2) is 11.4. The largest absolute Gasteiger partial charge is 0.203 e. The smallest absolute Gasteiger partial charge is 0.164 e. The fraction of sp³-hybridized carbons (Fsp3) is 0.257. The van der Waals surface area contributed by atoms with Crippen molar-refractivity contribution in [2.75, 3.05) is 0 Å². The van der Waals surface area contributed by atoms with Crippen LogP contribution in [0.25, 0.3) is 0 Å². The third-order valence-electron chi connectivity index (χ3n) is 9.05. The Kier molecular flexibility index (Phi) is 7.93. The first-order chi connectivity index (χ1) is 19.5. The second-order valence-electron chi connectivity index (χ2n) is 11.2. The summed E-state index contributed by atoms with van der Waals surface area (Å²) in [5.41, 5.74) is 2.94. The van der Waals surface area contributed by atoms with Crippen LogP contribution in [0.2, 0.25) is 0 Å². The molecule has 2 fully saturated rings. The first kappa shape index (κ1) is 27.7. The second-order valence-corrected chi connectivity index (χ2v) is 17.9. The van der Waals surface area contributed by atoms with Crippen LogP contribution >= 0.6 is 14.8 Å². The van der Waals surface area contributed by atoms with Crippen LogP contribution in [0, 0.1) is 25.0 Å². The number of rotatable bonds is 7. The molecule has 5 heteroatoms. The van der Waals surface area contributed by atoms with E-state index in [0.717, 1.165) is 38.5 Å². The summed E-state index contributed by atoms with van der Waals surface area (Å²) >= 11 is 0. The monoisotopic (exact) mass is 571 g/mol. The van der Waals surface area contributed by atoms with Crippen molar-refractivity contribution < 1.29 is 8.78 Å². The molecule has 0 bridgehead atoms. The van der Waals surface area contributed by atoms with Crippen LogP contribution in [-0.2, 0) is 0 Å². The fourth-order valence-electron chi connectivity index (χ4n) is 7.32. The minimum absolute atomic E-state index is 0.173. The van der Waals surface area contributed by atoms with Gasteiger partial charge in [0, 0.05) is 7.41 Å². The highest BCUT2D eigenvalue weighted by atomic mass is 31.2. The van der Waals surface area contributed by atoms with Gasteiger partial charge in [0.05, 0.1) is 24.8 Å². The van der Waals surface area contributed by atoms with Gasteiger partial charge in [-0.25, -0.2) is 8.78 Å². The van der Waals surface area contributed by atoms with E-state index in [4.69, 9.17) is 13.3 Å². The Balaban J connectivity index is 1.67. The number of nitrogens with zero attached hydrogens (tertiary/aromatic N) is 1. The summed E-state index contributed by atoms with van der Waals surface area (Å²) in [6.07, 6.45) is 6.22. The van der Waals surface area contributed by atoms with Gasteiger partial charge < -0.3 is 0 Å². The molecule has 2 atom stereocenters. The van der Waals surface area contributed by atoms with Crippen molar-refractivity contribution in [2.24, 2.45) is 0 Å². The molecule has 1 aliphatic carbocycles. The summed E-state index contributed by atoms with van der Waals surface area (Å²) in [5, 5.41) is 1.06. The molecule has 1 saturated heterocycles. The van der Waals surface area contributed by atoms with Gasteiger partial charge in [0.15, 0.2) is 11.6 Å². The molecule has 2 aliphatic rings. The Morgan fingerprint density at radius 1 is 0.600 bits per heavy atom. The van der Waals surface area contributed by atoms with Crippen molar-refractivity contribution in [3.05, 3.63) is 145 Å². The molecule has 4 aromatic carbocycles. The van der Waals surface area contributed by atoms with Gasteiger partial charge in [0.1, 0.15) is 10.6 Å². The maximum atomic E-state index is 16.0. The topological polar surface area (TPSA) is 3.24 Å². The average Bonchev–Trinajstić information content (AvgIpc) is 3.63. The number of hydrogen-bond donors (Lipinski definition) is 0. The average molecular weight is 572 g/mol. The normalized spacial score (nSPS) is 21.2. The molecule has 0 aromatic heterocycles. The predicted octanol–water partition coefficient (Wildman–Crippen LogP) is 9.88. The summed E-state index contributed by atoms with van der Waals surface area (Å²) in [5.74, 6) is -0.620. The van der Waals surface area contributed by atoms with Crippen molar-refractivity contribution in [1.82, 2.24) is 4.44 Å². The van der Waals surface area contributed by atoms with E-state index in [1.54, 1.807) is 12.1 Å². The SMILES string of the molecule is [CH2-][P+](c1ccccc1F)(c1ccccc1F)N(C1CCCC1)[P+]1([CH2-])[C@H](c2ccccc2)CC[C@H]1c1ccccc1. The zero-order chi connectivity index (χ0) is 27.7. The lowest BCUT2D eigenvalue weighted by molar-refractivity contribution is 0.488. The predicted molar refractivity (Wildman–Crippen MR) is 168 cm³/mol. The summed E-state index contributed by atoms with van der Waals surface area (Å²) in [6.45, 7) is 10.3. The van der Waals surface area contributed by atoms with Crippen LogP contribution in [-0.4, -0.2) is 10.5 Å². The summed E-state index contributed by atoms with van der Waals surface area (Å²) in [6, 6.07) is 35.5. The Labute approximate surface area is 239 Å². The van der Waals surface area contributed by atoms with Crippen LogP contribution in [0.5, 0.6) is 0 Å². The fourth-order valence-corrected chi connectivity index (χ4v) is 18.3. The lowest BCUT2D eigenvalue weighted by Gasteiger charge is -2.53. The summed E-state index contributed by atoms with van der Waals surface area (Å²) in [4.78, 5) is 0. The van der Waals surface area contributed by atoms with Crippen molar-refractivity contribution >= 4 is 25.4 Å². The molecule has 0 amide bonds. The number of benzene rings is 4. The highest BCUT2D eigenvalue weighted by Gasteiger charge is 2.63. The van der Waals surface area contributed by atoms with Gasteiger partial charge in [-0.1, -0.05) is 97.8 Å². The van der Waals surface area contributed by atoms with Crippen LogP contribution in [0.3, 0.4) is 0 Å². The highest BCUT2D eigenvalue weighted by Crippen LogP contribution is 2.92. The molecule has 206 valence electrons. The number of halogens is 2. The van der Waals surface area contributed by atoms with Crippen LogP contribution < -0.4 is 10.6 Å². The maximum Gasteiger partial charge on any atom is 0.164 e. The molecule has 1 saturated carbocycles. The molecular weight excluding hydrogens is 534 g/mol. The van der Waals surface area contributed by atoms with Crippen molar-refractivity contribution in [1.29, 1.82) is 0 Å². The van der Waals surface area contributed by atoms with E-state index in [1.165, 1.54) is 23.3 Å². The van der Waals surface area contributed by atoms with E-state index < -0.39 is 14.8 Å². The first-order valence-electron chi connectivity index (χ1n) is 14.3. The minimum Gasteiger partial charge on any atom is -0.203 e. The van der Waals surface area contributed by atoms with E-state index in [0.29, 0.717) is 10.6 Å². The highest BCUT2D eigenvalue weighted by molar-refractivity contribution is 7.97. The molecule has 6 rings (SSSR count). The van der Waals surface area contributed by atoms with E-state index in [-0.39, 0.29) is 29.0 Å². The van der Waals surface area contributed by atoms with Crippen LogP contribution in [0.1, 0.15) is 61.0 Å². The zero-order valence-corrected chi connectivity index (χ0v) is 24.7. The Morgan fingerprint density at radius 3 is 1.43 bits per heavy atom. The van der Waals surface area contributed by atoms with Gasteiger partial charge in [0.25, 0.3) is 0 Å². The minimum atomic E-state index is -3.02.